The smallest absolute Gasteiger partial charge is 0.240 e. The van der Waals surface area contributed by atoms with Gasteiger partial charge in [-0.05, 0) is 48.9 Å². The number of sulfonamides is 1. The summed E-state index contributed by atoms with van der Waals surface area (Å²) in [5.41, 5.74) is 0.770. The van der Waals surface area contributed by atoms with Gasteiger partial charge in [-0.15, -0.1) is 0 Å². The second-order valence-electron chi connectivity index (χ2n) is 4.70. The average Bonchev–Trinajstić information content (AvgIpc) is 2.54. The molecule has 2 aromatic rings. The van der Waals surface area contributed by atoms with Gasteiger partial charge in [-0.2, -0.15) is 0 Å². The molecule has 0 saturated heterocycles. The third-order valence-corrected chi connectivity index (χ3v) is 4.79. The minimum atomic E-state index is -3.60. The lowest BCUT2D eigenvalue weighted by Crippen LogP contribution is -2.23. The van der Waals surface area contributed by atoms with Gasteiger partial charge in [0.1, 0.15) is 0 Å². The van der Waals surface area contributed by atoms with E-state index in [1.165, 1.54) is 24.3 Å². The predicted molar refractivity (Wildman–Crippen MR) is 89.6 cm³/mol. The summed E-state index contributed by atoms with van der Waals surface area (Å²) >= 11 is 5.77. The minimum Gasteiger partial charge on any atom is -0.493 e. The normalized spacial score (nSPS) is 11.3. The van der Waals surface area contributed by atoms with Gasteiger partial charge in [0.15, 0.2) is 11.5 Å². The molecule has 5 nitrogen and oxygen atoms in total. The van der Waals surface area contributed by atoms with Crippen LogP contribution >= 0.6 is 11.6 Å². The first-order valence-corrected chi connectivity index (χ1v) is 8.87. The Morgan fingerprint density at radius 3 is 2.39 bits per heavy atom. The molecule has 0 atom stereocenters. The Hall–Kier alpha value is -1.76. The highest BCUT2D eigenvalue weighted by Gasteiger charge is 2.14. The Bertz CT molecular complexity index is 760. The van der Waals surface area contributed by atoms with Crippen molar-refractivity contribution in [2.24, 2.45) is 0 Å². The molecule has 0 amide bonds. The van der Waals surface area contributed by atoms with Crippen LogP contribution in [0, 0.1) is 0 Å². The van der Waals surface area contributed by atoms with E-state index in [1.54, 1.807) is 25.3 Å². The van der Waals surface area contributed by atoms with E-state index in [0.29, 0.717) is 23.1 Å². The summed E-state index contributed by atoms with van der Waals surface area (Å²) in [5.74, 6) is 1.19. The fourth-order valence-corrected chi connectivity index (χ4v) is 3.12. The zero-order valence-electron chi connectivity index (χ0n) is 12.9. The molecule has 0 heterocycles. The summed E-state index contributed by atoms with van der Waals surface area (Å²) in [6, 6.07) is 11.3. The fourth-order valence-electron chi connectivity index (χ4n) is 1.97. The predicted octanol–water partition coefficient (Wildman–Crippen LogP) is 3.23. The maximum absolute atomic E-state index is 12.2. The molecule has 0 aromatic heterocycles. The van der Waals surface area contributed by atoms with Crippen LogP contribution in [0.2, 0.25) is 5.02 Å². The van der Waals surface area contributed by atoms with Crippen LogP contribution in [0.15, 0.2) is 47.4 Å². The van der Waals surface area contributed by atoms with E-state index in [4.69, 9.17) is 21.1 Å². The summed E-state index contributed by atoms with van der Waals surface area (Å²) < 4.78 is 37.7. The molecule has 0 aliphatic heterocycles. The third-order valence-electron chi connectivity index (χ3n) is 3.12. The van der Waals surface area contributed by atoms with Crippen LogP contribution in [0.1, 0.15) is 12.5 Å². The number of rotatable bonds is 7. The maximum atomic E-state index is 12.2. The van der Waals surface area contributed by atoms with Crippen molar-refractivity contribution in [1.29, 1.82) is 0 Å². The number of methoxy groups -OCH3 is 1. The standard InChI is InChI=1S/C16H18ClNO4S/c1-3-22-16-10-12(4-9-15(16)21-2)11-18-23(19,20)14-7-5-13(17)6-8-14/h4-10,18H,3,11H2,1-2H3. The van der Waals surface area contributed by atoms with E-state index in [1.807, 2.05) is 6.92 Å². The summed E-state index contributed by atoms with van der Waals surface area (Å²) in [7, 11) is -2.04. The first-order chi connectivity index (χ1) is 11.0. The van der Waals surface area contributed by atoms with Crippen molar-refractivity contribution in [3.8, 4) is 11.5 Å². The maximum Gasteiger partial charge on any atom is 0.240 e. The molecule has 23 heavy (non-hydrogen) atoms. The quantitative estimate of drug-likeness (QED) is 0.828. The van der Waals surface area contributed by atoms with E-state index < -0.39 is 10.0 Å². The SMILES string of the molecule is CCOc1cc(CNS(=O)(=O)c2ccc(Cl)cc2)ccc1OC. The molecule has 0 aliphatic rings. The number of ether oxygens (including phenoxy) is 2. The molecule has 0 radical (unpaired) electrons. The molecule has 1 N–H and O–H groups in total. The van der Waals surface area contributed by atoms with Gasteiger partial charge in [0.25, 0.3) is 0 Å². The molecule has 124 valence electrons. The topological polar surface area (TPSA) is 64.6 Å². The molecule has 2 rings (SSSR count). The Kier molecular flexibility index (Phi) is 5.87. The lowest BCUT2D eigenvalue weighted by atomic mass is 10.2. The second kappa shape index (κ2) is 7.68. The summed E-state index contributed by atoms with van der Waals surface area (Å²) in [6.07, 6.45) is 0. The number of hydrogen-bond acceptors (Lipinski definition) is 4. The van der Waals surface area contributed by atoms with Gasteiger partial charge in [-0.25, -0.2) is 13.1 Å². The Labute approximate surface area is 141 Å². The van der Waals surface area contributed by atoms with Crippen LogP contribution in [0.25, 0.3) is 0 Å². The van der Waals surface area contributed by atoms with Gasteiger partial charge in [0, 0.05) is 11.6 Å². The Balaban J connectivity index is 2.13. The van der Waals surface area contributed by atoms with Crippen LogP contribution < -0.4 is 14.2 Å². The molecule has 2 aromatic carbocycles. The van der Waals surface area contributed by atoms with E-state index >= 15 is 0 Å². The summed E-state index contributed by atoms with van der Waals surface area (Å²) in [6.45, 7) is 2.51. The highest BCUT2D eigenvalue weighted by atomic mass is 35.5. The number of benzene rings is 2. The lowest BCUT2D eigenvalue weighted by molar-refractivity contribution is 0.310. The zero-order valence-corrected chi connectivity index (χ0v) is 14.4. The van der Waals surface area contributed by atoms with E-state index in [2.05, 4.69) is 4.72 Å². The zero-order chi connectivity index (χ0) is 16.9. The van der Waals surface area contributed by atoms with Crippen molar-refractivity contribution in [1.82, 2.24) is 4.72 Å². The fraction of sp³-hybridized carbons (Fsp3) is 0.250. The molecule has 0 fully saturated rings. The number of hydrogen-bond donors (Lipinski definition) is 1. The van der Waals surface area contributed by atoms with Crippen LogP contribution in [0.4, 0.5) is 0 Å². The van der Waals surface area contributed by atoms with Crippen LogP contribution in [-0.2, 0) is 16.6 Å². The van der Waals surface area contributed by atoms with Crippen LogP contribution in [0.3, 0.4) is 0 Å². The second-order valence-corrected chi connectivity index (χ2v) is 6.90. The van der Waals surface area contributed by atoms with E-state index in [0.717, 1.165) is 5.56 Å². The monoisotopic (exact) mass is 355 g/mol. The molecule has 0 spiro atoms. The summed E-state index contributed by atoms with van der Waals surface area (Å²) in [5, 5.41) is 0.487. The minimum absolute atomic E-state index is 0.148. The molecular formula is C16H18ClNO4S. The van der Waals surface area contributed by atoms with E-state index in [-0.39, 0.29) is 11.4 Å². The van der Waals surface area contributed by atoms with Gasteiger partial charge < -0.3 is 9.47 Å². The van der Waals surface area contributed by atoms with Crippen LogP contribution in [-0.4, -0.2) is 22.1 Å². The van der Waals surface area contributed by atoms with Crippen molar-refractivity contribution < 1.29 is 17.9 Å². The Morgan fingerprint density at radius 2 is 1.78 bits per heavy atom. The van der Waals surface area contributed by atoms with Crippen molar-refractivity contribution in [2.45, 2.75) is 18.4 Å². The Morgan fingerprint density at radius 1 is 1.09 bits per heavy atom. The van der Waals surface area contributed by atoms with Gasteiger partial charge in [-0.1, -0.05) is 17.7 Å². The van der Waals surface area contributed by atoms with Crippen LogP contribution in [0.5, 0.6) is 11.5 Å². The van der Waals surface area contributed by atoms with Gasteiger partial charge in [0.2, 0.25) is 10.0 Å². The molecule has 7 heteroatoms. The third kappa shape index (κ3) is 4.60. The van der Waals surface area contributed by atoms with Crippen molar-refractivity contribution >= 4 is 21.6 Å². The van der Waals surface area contributed by atoms with Gasteiger partial charge in [0.05, 0.1) is 18.6 Å². The van der Waals surface area contributed by atoms with Gasteiger partial charge in [-0.3, -0.25) is 0 Å². The molecular weight excluding hydrogens is 338 g/mol. The van der Waals surface area contributed by atoms with Crippen molar-refractivity contribution in [3.63, 3.8) is 0 Å². The lowest BCUT2D eigenvalue weighted by Gasteiger charge is -2.12. The first-order valence-electron chi connectivity index (χ1n) is 7.01. The van der Waals surface area contributed by atoms with Crippen molar-refractivity contribution in [2.75, 3.05) is 13.7 Å². The van der Waals surface area contributed by atoms with E-state index in [9.17, 15) is 8.42 Å². The molecule has 0 aliphatic carbocycles. The molecule has 0 unspecified atom stereocenters. The molecule has 0 saturated carbocycles. The first kappa shape index (κ1) is 17.6. The summed E-state index contributed by atoms with van der Waals surface area (Å²) in [4.78, 5) is 0.167. The largest absolute Gasteiger partial charge is 0.493 e. The highest BCUT2D eigenvalue weighted by molar-refractivity contribution is 7.89. The number of nitrogens with one attached hydrogen (secondary N) is 1. The highest BCUT2D eigenvalue weighted by Crippen LogP contribution is 2.28. The van der Waals surface area contributed by atoms with Gasteiger partial charge >= 0.3 is 0 Å². The molecule has 0 bridgehead atoms. The van der Waals surface area contributed by atoms with Crippen molar-refractivity contribution in [3.05, 3.63) is 53.1 Å². The average molecular weight is 356 g/mol. The number of halogens is 1.